The minimum absolute atomic E-state index is 0.0604. The van der Waals surface area contributed by atoms with Gasteiger partial charge < -0.3 is 14.8 Å². The molecule has 0 aliphatic carbocycles. The summed E-state index contributed by atoms with van der Waals surface area (Å²) in [6, 6.07) is 15.5. The number of thiophene rings is 1. The lowest BCUT2D eigenvalue weighted by molar-refractivity contribution is 0.0958. The van der Waals surface area contributed by atoms with Gasteiger partial charge in [-0.15, -0.1) is 11.3 Å². The lowest BCUT2D eigenvalue weighted by Crippen LogP contribution is -2.25. The molecule has 3 aromatic rings. The summed E-state index contributed by atoms with van der Waals surface area (Å²) in [7, 11) is 0. The van der Waals surface area contributed by atoms with E-state index >= 15 is 0 Å². The Morgan fingerprint density at radius 3 is 2.81 bits per heavy atom. The van der Waals surface area contributed by atoms with Crippen LogP contribution in [-0.2, 0) is 6.42 Å². The maximum atomic E-state index is 12.3. The number of rotatable bonds is 5. The maximum Gasteiger partial charge on any atom is 0.261 e. The monoisotopic (exact) mass is 366 g/mol. The summed E-state index contributed by atoms with van der Waals surface area (Å²) in [4.78, 5) is 18.3. The number of amides is 1. The summed E-state index contributed by atoms with van der Waals surface area (Å²) >= 11 is 1.47. The second-order valence-electron chi connectivity index (χ2n) is 5.85. The Morgan fingerprint density at radius 2 is 1.96 bits per heavy atom. The van der Waals surface area contributed by atoms with Gasteiger partial charge in [0.25, 0.3) is 5.91 Å². The largest absolute Gasteiger partial charge is 0.486 e. The fourth-order valence-corrected chi connectivity index (χ4v) is 3.67. The van der Waals surface area contributed by atoms with Crippen LogP contribution in [0.2, 0.25) is 0 Å². The van der Waals surface area contributed by atoms with Crippen molar-refractivity contribution in [3.8, 4) is 21.9 Å². The van der Waals surface area contributed by atoms with E-state index in [0.717, 1.165) is 27.6 Å². The van der Waals surface area contributed by atoms with Crippen LogP contribution in [0.1, 0.15) is 15.4 Å². The Balaban J connectivity index is 1.40. The van der Waals surface area contributed by atoms with Gasteiger partial charge in [-0.25, -0.2) is 0 Å². The van der Waals surface area contributed by atoms with E-state index in [9.17, 15) is 4.79 Å². The predicted molar refractivity (Wildman–Crippen MR) is 101 cm³/mol. The van der Waals surface area contributed by atoms with Crippen molar-refractivity contribution in [2.24, 2.45) is 0 Å². The van der Waals surface area contributed by atoms with Gasteiger partial charge in [-0.2, -0.15) is 0 Å². The van der Waals surface area contributed by atoms with Crippen LogP contribution in [0.4, 0.5) is 0 Å². The van der Waals surface area contributed by atoms with Crippen LogP contribution in [0, 0.1) is 0 Å². The number of ether oxygens (including phenoxy) is 2. The molecule has 0 atom stereocenters. The summed E-state index contributed by atoms with van der Waals surface area (Å²) in [5.41, 5.74) is 1.99. The highest BCUT2D eigenvalue weighted by atomic mass is 32.1. The molecule has 0 unspecified atom stereocenters. The first kappa shape index (κ1) is 16.6. The normalized spacial score (nSPS) is 12.6. The summed E-state index contributed by atoms with van der Waals surface area (Å²) in [5, 5.41) is 2.95. The van der Waals surface area contributed by atoms with Crippen molar-refractivity contribution >= 4 is 17.2 Å². The molecule has 1 aliphatic rings. The molecule has 0 fully saturated rings. The molecular formula is C20H18N2O3S. The third kappa shape index (κ3) is 3.70. The highest BCUT2D eigenvalue weighted by Crippen LogP contribution is 2.36. The van der Waals surface area contributed by atoms with Gasteiger partial charge in [0, 0.05) is 29.7 Å². The first-order valence-corrected chi connectivity index (χ1v) is 9.29. The number of hydrogen-bond acceptors (Lipinski definition) is 5. The average molecular weight is 366 g/mol. The smallest absolute Gasteiger partial charge is 0.261 e. The zero-order valence-corrected chi connectivity index (χ0v) is 14.9. The van der Waals surface area contributed by atoms with Crippen LogP contribution in [0.25, 0.3) is 10.4 Å². The highest BCUT2D eigenvalue weighted by Gasteiger charge is 2.15. The fourth-order valence-electron chi connectivity index (χ4n) is 2.75. The Labute approximate surface area is 155 Å². The molecule has 0 saturated heterocycles. The number of carbonyl (C=O) groups is 1. The SMILES string of the molecule is O=C(NCCc1ccccn1)c1ccc(-c2ccc3c(c2)OCCO3)s1. The summed E-state index contributed by atoms with van der Waals surface area (Å²) in [5.74, 6) is 1.46. The van der Waals surface area contributed by atoms with Crippen molar-refractivity contribution in [1.82, 2.24) is 10.3 Å². The van der Waals surface area contributed by atoms with Gasteiger partial charge in [-0.1, -0.05) is 6.07 Å². The first-order valence-electron chi connectivity index (χ1n) is 8.47. The number of pyridine rings is 1. The van der Waals surface area contributed by atoms with Crippen molar-refractivity contribution in [2.45, 2.75) is 6.42 Å². The van der Waals surface area contributed by atoms with Gasteiger partial charge >= 0.3 is 0 Å². The lowest BCUT2D eigenvalue weighted by Gasteiger charge is -2.18. The molecule has 2 aromatic heterocycles. The molecule has 132 valence electrons. The summed E-state index contributed by atoms with van der Waals surface area (Å²) < 4.78 is 11.2. The summed E-state index contributed by atoms with van der Waals surface area (Å²) in [6.07, 6.45) is 2.48. The van der Waals surface area contributed by atoms with Crippen molar-refractivity contribution in [2.75, 3.05) is 19.8 Å². The van der Waals surface area contributed by atoms with Gasteiger partial charge in [-0.3, -0.25) is 9.78 Å². The van der Waals surface area contributed by atoms with Crippen LogP contribution in [0.5, 0.6) is 11.5 Å². The van der Waals surface area contributed by atoms with Gasteiger partial charge in [0.15, 0.2) is 11.5 Å². The number of hydrogen-bond donors (Lipinski definition) is 1. The minimum Gasteiger partial charge on any atom is -0.486 e. The van der Waals surface area contributed by atoms with Crippen LogP contribution in [0.15, 0.2) is 54.7 Å². The Hall–Kier alpha value is -2.86. The Morgan fingerprint density at radius 1 is 1.08 bits per heavy atom. The van der Waals surface area contributed by atoms with Gasteiger partial charge in [0.1, 0.15) is 13.2 Å². The van der Waals surface area contributed by atoms with Gasteiger partial charge in [0.2, 0.25) is 0 Å². The molecule has 4 rings (SSSR count). The highest BCUT2D eigenvalue weighted by molar-refractivity contribution is 7.17. The molecule has 3 heterocycles. The quantitative estimate of drug-likeness (QED) is 0.750. The van der Waals surface area contributed by atoms with E-state index in [0.29, 0.717) is 31.1 Å². The molecule has 26 heavy (non-hydrogen) atoms. The van der Waals surface area contributed by atoms with E-state index < -0.39 is 0 Å². The maximum absolute atomic E-state index is 12.3. The number of nitrogens with one attached hydrogen (secondary N) is 1. The molecule has 6 heteroatoms. The first-order chi connectivity index (χ1) is 12.8. The average Bonchev–Trinajstić information content (AvgIpc) is 3.19. The third-order valence-corrected chi connectivity index (χ3v) is 5.18. The van der Waals surface area contributed by atoms with Gasteiger partial charge in [-0.05, 0) is 48.0 Å². The van der Waals surface area contributed by atoms with E-state index in [4.69, 9.17) is 9.47 Å². The number of fused-ring (bicyclic) bond motifs is 1. The topological polar surface area (TPSA) is 60.5 Å². The second kappa shape index (κ2) is 7.58. The lowest BCUT2D eigenvalue weighted by atomic mass is 10.1. The second-order valence-corrected chi connectivity index (χ2v) is 6.93. The molecule has 5 nitrogen and oxygen atoms in total. The van der Waals surface area contributed by atoms with Gasteiger partial charge in [0.05, 0.1) is 4.88 Å². The standard InChI is InChI=1S/C20H18N2O3S/c23-20(22-10-8-15-3-1-2-9-21-15)19-7-6-18(26-19)14-4-5-16-17(13-14)25-12-11-24-16/h1-7,9,13H,8,10-12H2,(H,22,23). The zero-order valence-electron chi connectivity index (χ0n) is 14.1. The molecule has 0 radical (unpaired) electrons. The fraction of sp³-hybridized carbons (Fsp3) is 0.200. The Bertz CT molecular complexity index is 908. The predicted octanol–water partition coefficient (Wildman–Crippen LogP) is 3.55. The van der Waals surface area contributed by atoms with E-state index in [1.807, 2.05) is 48.5 Å². The van der Waals surface area contributed by atoms with Crippen molar-refractivity contribution in [1.29, 1.82) is 0 Å². The van der Waals surface area contributed by atoms with E-state index in [-0.39, 0.29) is 5.91 Å². The molecule has 1 aromatic carbocycles. The Kier molecular flexibility index (Phi) is 4.84. The van der Waals surface area contributed by atoms with Crippen molar-refractivity contribution in [3.63, 3.8) is 0 Å². The zero-order chi connectivity index (χ0) is 17.8. The molecule has 0 bridgehead atoms. The van der Waals surface area contributed by atoms with Crippen LogP contribution < -0.4 is 14.8 Å². The summed E-state index contributed by atoms with van der Waals surface area (Å²) in [6.45, 7) is 1.70. The number of aromatic nitrogens is 1. The van der Waals surface area contributed by atoms with E-state index in [1.54, 1.807) is 6.20 Å². The molecule has 1 N–H and O–H groups in total. The molecule has 0 saturated carbocycles. The number of benzene rings is 1. The van der Waals surface area contributed by atoms with Crippen LogP contribution >= 0.6 is 11.3 Å². The van der Waals surface area contributed by atoms with Crippen molar-refractivity contribution in [3.05, 3.63) is 65.3 Å². The molecule has 0 spiro atoms. The van der Waals surface area contributed by atoms with Crippen molar-refractivity contribution < 1.29 is 14.3 Å². The number of carbonyl (C=O) groups excluding carboxylic acids is 1. The minimum atomic E-state index is -0.0604. The molecular weight excluding hydrogens is 348 g/mol. The number of nitrogens with zero attached hydrogens (tertiary/aromatic N) is 1. The van der Waals surface area contributed by atoms with Crippen LogP contribution in [-0.4, -0.2) is 30.6 Å². The molecule has 1 amide bonds. The van der Waals surface area contributed by atoms with E-state index in [1.165, 1.54) is 11.3 Å². The van der Waals surface area contributed by atoms with E-state index in [2.05, 4.69) is 10.3 Å². The molecule has 1 aliphatic heterocycles. The van der Waals surface area contributed by atoms with Crippen LogP contribution in [0.3, 0.4) is 0 Å². The third-order valence-electron chi connectivity index (χ3n) is 4.05.